The Kier molecular flexibility index (Phi) is 4.06. The molecule has 1 saturated heterocycles. The third-order valence-electron chi connectivity index (χ3n) is 5.38. The van der Waals surface area contributed by atoms with E-state index >= 15 is 0 Å². The number of hydrogen-bond donors (Lipinski definition) is 0. The number of hydrogen-bond acceptors (Lipinski definition) is 2. The summed E-state index contributed by atoms with van der Waals surface area (Å²) >= 11 is 0. The average Bonchev–Trinajstić information content (AvgIpc) is 2.27. The van der Waals surface area contributed by atoms with Crippen molar-refractivity contribution < 1.29 is 4.74 Å². The molecule has 1 atom stereocenters. The molecule has 1 aliphatic carbocycles. The van der Waals surface area contributed by atoms with Crippen molar-refractivity contribution in [2.24, 2.45) is 0 Å². The first-order valence-electron chi connectivity index (χ1n) is 7.91. The quantitative estimate of drug-likeness (QED) is 0.722. The molecule has 2 nitrogen and oxygen atoms in total. The molecule has 0 N–H and O–H groups in total. The van der Waals surface area contributed by atoms with Crippen molar-refractivity contribution in [3.05, 3.63) is 11.3 Å². The van der Waals surface area contributed by atoms with Crippen LogP contribution in [0.1, 0.15) is 60.3 Å². The normalized spacial score (nSPS) is 30.4. The van der Waals surface area contributed by atoms with E-state index < -0.39 is 0 Å². The maximum Gasteiger partial charge on any atom is 0.114 e. The molecule has 0 bridgehead atoms. The van der Waals surface area contributed by atoms with Crippen molar-refractivity contribution in [1.82, 2.24) is 4.90 Å². The molecule has 19 heavy (non-hydrogen) atoms. The van der Waals surface area contributed by atoms with Crippen molar-refractivity contribution in [2.45, 2.75) is 77.2 Å². The number of ether oxygens (including phenoxy) is 1. The van der Waals surface area contributed by atoms with Crippen LogP contribution >= 0.6 is 0 Å². The van der Waals surface area contributed by atoms with Gasteiger partial charge in [-0.05, 0) is 45.3 Å². The fraction of sp³-hybridized carbons (Fsp3) is 0.875. The van der Waals surface area contributed by atoms with Gasteiger partial charge in [-0.25, -0.2) is 0 Å². The summed E-state index contributed by atoms with van der Waals surface area (Å²) in [5.41, 5.74) is 3.47. The lowest BCUT2D eigenvalue weighted by Gasteiger charge is -2.55. The summed E-state index contributed by atoms with van der Waals surface area (Å²) < 4.78 is 5.57. The molecule has 108 valence electrons. The fourth-order valence-electron chi connectivity index (χ4n) is 3.76. The van der Waals surface area contributed by atoms with E-state index in [2.05, 4.69) is 47.4 Å². The van der Waals surface area contributed by atoms with Crippen molar-refractivity contribution in [1.29, 1.82) is 0 Å². The van der Waals surface area contributed by atoms with E-state index in [-0.39, 0.29) is 5.54 Å². The molecular weight excluding hydrogens is 233 g/mol. The summed E-state index contributed by atoms with van der Waals surface area (Å²) in [5.74, 6) is 0. The highest BCUT2D eigenvalue weighted by Crippen LogP contribution is 2.47. The molecule has 2 aliphatic rings. The maximum absolute atomic E-state index is 5.57. The molecule has 1 aliphatic heterocycles. The second kappa shape index (κ2) is 5.16. The predicted octanol–water partition coefficient (Wildman–Crippen LogP) is 3.15. The largest absolute Gasteiger partial charge is 0.376 e. The Morgan fingerprint density at radius 1 is 1.37 bits per heavy atom. The smallest absolute Gasteiger partial charge is 0.114 e. The Morgan fingerprint density at radius 3 is 2.42 bits per heavy atom. The molecule has 1 heterocycles. The van der Waals surface area contributed by atoms with Crippen molar-refractivity contribution in [3.8, 4) is 0 Å². The lowest BCUT2D eigenvalue weighted by molar-refractivity contribution is -0.141. The van der Waals surface area contributed by atoms with Crippen LogP contribution < -0.4 is 0 Å². The second-order valence-corrected chi connectivity index (χ2v) is 7.34. The Morgan fingerprint density at radius 2 is 2.00 bits per heavy atom. The number of allylic oxidation sites excluding steroid dienone is 2. The van der Waals surface area contributed by atoms with Gasteiger partial charge in [0, 0.05) is 11.7 Å². The topological polar surface area (TPSA) is 12.5 Å². The van der Waals surface area contributed by atoms with Crippen LogP contribution in [0.5, 0.6) is 0 Å². The summed E-state index contributed by atoms with van der Waals surface area (Å²) in [6.07, 6.45) is 5.07. The summed E-state index contributed by atoms with van der Waals surface area (Å²) in [6.45, 7) is 13.5. The molecule has 1 fully saturated rings. The van der Waals surface area contributed by atoms with Crippen molar-refractivity contribution in [3.63, 3.8) is 0 Å². The lowest BCUT2D eigenvalue weighted by atomic mass is 9.59. The van der Waals surface area contributed by atoms with E-state index in [0.29, 0.717) is 11.4 Å². The minimum atomic E-state index is 0.262. The Bertz CT molecular complexity index is 363. The standard InChI is InChI=1S/C16H30BNO/c1-6-16(10-19-11-16)18(12(2)3)14-8-7-9-15(5,17)13(14)4/h12H,6-11,17H2,1-5H3. The van der Waals surface area contributed by atoms with Crippen LogP contribution in [-0.4, -0.2) is 37.5 Å². The minimum absolute atomic E-state index is 0.262. The first kappa shape index (κ1) is 15.0. The third kappa shape index (κ3) is 2.46. The van der Waals surface area contributed by atoms with E-state index in [1.54, 1.807) is 11.3 Å². The second-order valence-electron chi connectivity index (χ2n) is 7.34. The zero-order valence-corrected chi connectivity index (χ0v) is 13.7. The van der Waals surface area contributed by atoms with Crippen LogP contribution in [0, 0.1) is 0 Å². The first-order chi connectivity index (χ1) is 8.84. The molecule has 0 aromatic rings. The van der Waals surface area contributed by atoms with E-state index in [1.165, 1.54) is 25.7 Å². The first-order valence-corrected chi connectivity index (χ1v) is 7.91. The summed E-state index contributed by atoms with van der Waals surface area (Å²) in [5, 5.41) is 0.361. The van der Waals surface area contributed by atoms with Gasteiger partial charge in [0.1, 0.15) is 7.85 Å². The molecule has 3 heteroatoms. The maximum atomic E-state index is 5.57. The lowest BCUT2D eigenvalue weighted by Crippen LogP contribution is -2.63. The minimum Gasteiger partial charge on any atom is -0.376 e. The molecule has 0 amide bonds. The molecule has 0 spiro atoms. The molecule has 0 aromatic heterocycles. The highest BCUT2D eigenvalue weighted by atomic mass is 16.5. The van der Waals surface area contributed by atoms with Crippen LogP contribution in [0.2, 0.25) is 5.31 Å². The van der Waals surface area contributed by atoms with E-state index in [9.17, 15) is 0 Å². The molecule has 0 aromatic carbocycles. The van der Waals surface area contributed by atoms with Gasteiger partial charge < -0.3 is 9.64 Å². The summed E-state index contributed by atoms with van der Waals surface area (Å²) in [6, 6.07) is 0.558. The van der Waals surface area contributed by atoms with Crippen molar-refractivity contribution >= 4 is 7.85 Å². The molecular formula is C16H30BNO. The van der Waals surface area contributed by atoms with Crippen LogP contribution in [0.3, 0.4) is 0 Å². The van der Waals surface area contributed by atoms with E-state index in [1.807, 2.05) is 0 Å². The number of nitrogens with zero attached hydrogens (tertiary/aromatic N) is 1. The van der Waals surface area contributed by atoms with Gasteiger partial charge in [0.05, 0.1) is 18.8 Å². The number of rotatable bonds is 4. The van der Waals surface area contributed by atoms with Crippen LogP contribution in [0.25, 0.3) is 0 Å². The zero-order chi connectivity index (χ0) is 14.3. The summed E-state index contributed by atoms with van der Waals surface area (Å²) in [4.78, 5) is 2.70. The van der Waals surface area contributed by atoms with Crippen molar-refractivity contribution in [2.75, 3.05) is 13.2 Å². The summed E-state index contributed by atoms with van der Waals surface area (Å²) in [7, 11) is 2.40. The van der Waals surface area contributed by atoms with Gasteiger partial charge in [-0.1, -0.05) is 25.8 Å². The van der Waals surface area contributed by atoms with Gasteiger partial charge in [-0.3, -0.25) is 0 Å². The van der Waals surface area contributed by atoms with Gasteiger partial charge in [-0.2, -0.15) is 0 Å². The van der Waals surface area contributed by atoms with Crippen LogP contribution in [0.15, 0.2) is 11.3 Å². The van der Waals surface area contributed by atoms with E-state index in [4.69, 9.17) is 4.74 Å². The predicted molar refractivity (Wildman–Crippen MR) is 84.3 cm³/mol. The SMILES string of the molecule is BC1(C)CCCC(N(C(C)C)C2(CC)COC2)=C1C. The monoisotopic (exact) mass is 263 g/mol. The van der Waals surface area contributed by atoms with Gasteiger partial charge >= 0.3 is 0 Å². The Hall–Kier alpha value is -0.435. The highest BCUT2D eigenvalue weighted by Gasteiger charge is 2.46. The van der Waals surface area contributed by atoms with Gasteiger partial charge in [0.25, 0.3) is 0 Å². The van der Waals surface area contributed by atoms with Crippen LogP contribution in [-0.2, 0) is 4.74 Å². The van der Waals surface area contributed by atoms with Gasteiger partial charge in [-0.15, -0.1) is 0 Å². The highest BCUT2D eigenvalue weighted by molar-refractivity contribution is 6.17. The fourth-order valence-corrected chi connectivity index (χ4v) is 3.76. The average molecular weight is 263 g/mol. The molecule has 0 radical (unpaired) electrons. The third-order valence-corrected chi connectivity index (χ3v) is 5.38. The van der Waals surface area contributed by atoms with Gasteiger partial charge in [0.2, 0.25) is 0 Å². The molecule has 2 rings (SSSR count). The van der Waals surface area contributed by atoms with E-state index in [0.717, 1.165) is 13.2 Å². The Balaban J connectivity index is 2.39. The van der Waals surface area contributed by atoms with Gasteiger partial charge in [0.15, 0.2) is 0 Å². The molecule has 0 saturated carbocycles. The Labute approximate surface area is 120 Å². The molecule has 1 unspecified atom stereocenters. The zero-order valence-electron chi connectivity index (χ0n) is 13.7. The van der Waals surface area contributed by atoms with Crippen LogP contribution in [0.4, 0.5) is 0 Å².